The highest BCUT2D eigenvalue weighted by molar-refractivity contribution is 5.85. The molecule has 0 radical (unpaired) electrons. The second-order valence-electron chi connectivity index (χ2n) is 5.54. The van der Waals surface area contributed by atoms with Gasteiger partial charge in [0.15, 0.2) is 0 Å². The maximum atomic E-state index is 12.1. The highest BCUT2D eigenvalue weighted by Crippen LogP contribution is 2.69. The zero-order chi connectivity index (χ0) is 12.3. The molecule has 18 heavy (non-hydrogen) atoms. The fourth-order valence-corrected chi connectivity index (χ4v) is 4.19. The van der Waals surface area contributed by atoms with Crippen molar-refractivity contribution < 1.29 is 9.53 Å². The van der Waals surface area contributed by atoms with Crippen molar-refractivity contribution in [1.82, 2.24) is 0 Å². The van der Waals surface area contributed by atoms with Crippen molar-refractivity contribution in [2.45, 2.75) is 25.2 Å². The molecule has 0 heterocycles. The first-order valence-electron chi connectivity index (χ1n) is 6.76. The molecule has 3 aliphatic carbocycles. The number of carbonyl (C=O) groups is 1. The molecule has 4 rings (SSSR count). The number of allylic oxidation sites excluding steroid dienone is 1. The maximum absolute atomic E-state index is 12.1. The molecule has 1 fully saturated rings. The predicted molar refractivity (Wildman–Crippen MR) is 69.1 cm³/mol. The summed E-state index contributed by atoms with van der Waals surface area (Å²) in [6, 6.07) is 6.50. The van der Waals surface area contributed by atoms with Crippen molar-refractivity contribution in [3.8, 4) is 0 Å². The normalized spacial score (nSPS) is 33.8. The van der Waals surface area contributed by atoms with Gasteiger partial charge < -0.3 is 4.74 Å². The first kappa shape index (κ1) is 10.4. The van der Waals surface area contributed by atoms with Crippen LogP contribution in [0, 0.1) is 11.8 Å². The molecule has 0 aliphatic heterocycles. The van der Waals surface area contributed by atoms with Crippen LogP contribution in [0.1, 0.15) is 30.0 Å². The van der Waals surface area contributed by atoms with Crippen molar-refractivity contribution in [3.05, 3.63) is 41.0 Å². The van der Waals surface area contributed by atoms with Crippen LogP contribution in [0.4, 0.5) is 0 Å². The van der Waals surface area contributed by atoms with Crippen LogP contribution >= 0.6 is 0 Å². The largest absolute Gasteiger partial charge is 0.466 e. The Hall–Kier alpha value is -1.57. The third-order valence-corrected chi connectivity index (χ3v) is 4.88. The Bertz CT molecular complexity index is 572. The minimum atomic E-state index is -0.00305. The molecular formula is C16H16O2. The van der Waals surface area contributed by atoms with Crippen LogP contribution in [-0.2, 0) is 21.4 Å². The summed E-state index contributed by atoms with van der Waals surface area (Å²) in [5.74, 6) is 0.447. The third kappa shape index (κ3) is 1.02. The maximum Gasteiger partial charge on any atom is 0.310 e. The second kappa shape index (κ2) is 3.25. The molecule has 2 nitrogen and oxygen atoms in total. The number of hydrogen-bond donors (Lipinski definition) is 0. The molecule has 92 valence electrons. The van der Waals surface area contributed by atoms with E-state index in [1.165, 1.54) is 16.7 Å². The molecule has 0 unspecified atom stereocenters. The number of hydrogen-bond acceptors (Lipinski definition) is 2. The molecule has 3 aliphatic rings. The van der Waals surface area contributed by atoms with Crippen molar-refractivity contribution >= 4 is 12.0 Å². The monoisotopic (exact) mass is 240 g/mol. The molecule has 3 atom stereocenters. The average Bonchev–Trinajstić information content (AvgIpc) is 2.89. The SMILES string of the molecule is CCOC(=O)[C@@H]1[C@@H]2C=Cc3cccc4c3[C@@]12CC4. The lowest BCUT2D eigenvalue weighted by Crippen LogP contribution is -2.16. The van der Waals surface area contributed by atoms with Gasteiger partial charge in [0.05, 0.1) is 12.5 Å². The van der Waals surface area contributed by atoms with E-state index in [1.54, 1.807) is 0 Å². The van der Waals surface area contributed by atoms with E-state index in [1.807, 2.05) is 6.92 Å². The molecule has 0 saturated heterocycles. The van der Waals surface area contributed by atoms with Gasteiger partial charge in [0.1, 0.15) is 0 Å². The van der Waals surface area contributed by atoms with Crippen molar-refractivity contribution in [3.63, 3.8) is 0 Å². The van der Waals surface area contributed by atoms with E-state index in [4.69, 9.17) is 4.74 Å². The lowest BCUT2D eigenvalue weighted by molar-refractivity contribution is -0.145. The molecule has 1 spiro atoms. The number of ether oxygens (including phenoxy) is 1. The number of benzene rings is 1. The Balaban J connectivity index is 1.82. The topological polar surface area (TPSA) is 26.3 Å². The number of carbonyl (C=O) groups excluding carboxylic acids is 1. The fourth-order valence-electron chi connectivity index (χ4n) is 4.19. The molecule has 0 amide bonds. The summed E-state index contributed by atoms with van der Waals surface area (Å²) in [7, 11) is 0. The van der Waals surface area contributed by atoms with Gasteiger partial charge in [-0.05, 0) is 36.5 Å². The summed E-state index contributed by atoms with van der Waals surface area (Å²) in [4.78, 5) is 12.1. The molecular weight excluding hydrogens is 224 g/mol. The van der Waals surface area contributed by atoms with E-state index in [-0.39, 0.29) is 17.3 Å². The zero-order valence-electron chi connectivity index (χ0n) is 10.5. The van der Waals surface area contributed by atoms with Crippen LogP contribution in [0.3, 0.4) is 0 Å². The number of esters is 1. The van der Waals surface area contributed by atoms with Gasteiger partial charge in [-0.3, -0.25) is 4.79 Å². The number of aryl methyl sites for hydroxylation is 1. The van der Waals surface area contributed by atoms with Gasteiger partial charge in [0.25, 0.3) is 0 Å². The Morgan fingerprint density at radius 2 is 2.39 bits per heavy atom. The standard InChI is InChI=1S/C16H16O2/c1-2-18-15(17)14-12-7-6-10-4-3-5-11-8-9-16(12,14)13(10)11/h3-7,12,14H,2,8-9H2,1H3/t12-,14-,16-/m0/s1. The predicted octanol–water partition coefficient (Wildman–Crippen LogP) is 2.71. The molecule has 1 aromatic rings. The molecule has 0 aromatic heterocycles. The van der Waals surface area contributed by atoms with E-state index < -0.39 is 0 Å². The van der Waals surface area contributed by atoms with Crippen LogP contribution in [0.5, 0.6) is 0 Å². The highest BCUT2D eigenvalue weighted by atomic mass is 16.5. The Morgan fingerprint density at radius 1 is 1.50 bits per heavy atom. The van der Waals surface area contributed by atoms with E-state index in [9.17, 15) is 4.79 Å². The Labute approximate surface area is 107 Å². The van der Waals surface area contributed by atoms with E-state index in [0.717, 1.165) is 12.8 Å². The van der Waals surface area contributed by atoms with Crippen LogP contribution in [0.15, 0.2) is 24.3 Å². The van der Waals surface area contributed by atoms with Gasteiger partial charge in [-0.25, -0.2) is 0 Å². The number of rotatable bonds is 2. The summed E-state index contributed by atoms with van der Waals surface area (Å²) >= 11 is 0. The first-order chi connectivity index (χ1) is 8.79. The zero-order valence-corrected chi connectivity index (χ0v) is 10.5. The van der Waals surface area contributed by atoms with Crippen LogP contribution in [0.2, 0.25) is 0 Å². The molecule has 1 saturated carbocycles. The van der Waals surface area contributed by atoms with Gasteiger partial charge in [-0.1, -0.05) is 30.4 Å². The summed E-state index contributed by atoms with van der Waals surface area (Å²) < 4.78 is 5.25. The molecule has 0 N–H and O–H groups in total. The van der Waals surface area contributed by atoms with Gasteiger partial charge in [0, 0.05) is 11.3 Å². The van der Waals surface area contributed by atoms with Gasteiger partial charge in [0.2, 0.25) is 0 Å². The summed E-state index contributed by atoms with van der Waals surface area (Å²) in [5, 5.41) is 0. The second-order valence-corrected chi connectivity index (χ2v) is 5.54. The summed E-state index contributed by atoms with van der Waals surface area (Å²) in [5.41, 5.74) is 4.28. The van der Waals surface area contributed by atoms with Crippen LogP contribution in [-0.4, -0.2) is 12.6 Å². The molecule has 2 heteroatoms. The van der Waals surface area contributed by atoms with Crippen LogP contribution < -0.4 is 0 Å². The van der Waals surface area contributed by atoms with Crippen LogP contribution in [0.25, 0.3) is 6.08 Å². The third-order valence-electron chi connectivity index (χ3n) is 4.88. The lowest BCUT2D eigenvalue weighted by Gasteiger charge is -2.17. The van der Waals surface area contributed by atoms with Crippen molar-refractivity contribution in [2.24, 2.45) is 11.8 Å². The lowest BCUT2D eigenvalue weighted by atomic mass is 9.86. The highest BCUT2D eigenvalue weighted by Gasteiger charge is 2.71. The van der Waals surface area contributed by atoms with E-state index in [2.05, 4.69) is 30.4 Å². The molecule has 0 bridgehead atoms. The quantitative estimate of drug-likeness (QED) is 0.743. The fraction of sp³-hybridized carbons (Fsp3) is 0.438. The average molecular weight is 240 g/mol. The minimum Gasteiger partial charge on any atom is -0.466 e. The molecule has 1 aromatic carbocycles. The first-order valence-corrected chi connectivity index (χ1v) is 6.76. The van der Waals surface area contributed by atoms with Gasteiger partial charge >= 0.3 is 5.97 Å². The van der Waals surface area contributed by atoms with Crippen molar-refractivity contribution in [2.75, 3.05) is 6.61 Å². The van der Waals surface area contributed by atoms with E-state index >= 15 is 0 Å². The Kier molecular flexibility index (Phi) is 1.87. The Morgan fingerprint density at radius 3 is 3.22 bits per heavy atom. The van der Waals surface area contributed by atoms with Gasteiger partial charge in [-0.2, -0.15) is 0 Å². The van der Waals surface area contributed by atoms with E-state index in [0.29, 0.717) is 12.5 Å². The smallest absolute Gasteiger partial charge is 0.310 e. The minimum absolute atomic E-state index is 0.00305. The van der Waals surface area contributed by atoms with Gasteiger partial charge in [-0.15, -0.1) is 0 Å². The summed E-state index contributed by atoms with van der Waals surface area (Å²) in [6.07, 6.45) is 6.63. The summed E-state index contributed by atoms with van der Waals surface area (Å²) in [6.45, 7) is 2.36. The van der Waals surface area contributed by atoms with Crippen molar-refractivity contribution in [1.29, 1.82) is 0 Å².